The van der Waals surface area contributed by atoms with Gasteiger partial charge in [-0.3, -0.25) is 14.4 Å². The lowest BCUT2D eigenvalue weighted by atomic mass is 10.1. The number of hydrogen-bond donors (Lipinski definition) is 2. The number of rotatable bonds is 8. The molecule has 1 unspecified atom stereocenters. The Labute approximate surface area is 161 Å². The Kier molecular flexibility index (Phi) is 7.90. The second-order valence-electron chi connectivity index (χ2n) is 6.03. The summed E-state index contributed by atoms with van der Waals surface area (Å²) in [6.45, 7) is 3.14. The molecule has 2 N–H and O–H groups in total. The third-order valence-corrected chi connectivity index (χ3v) is 4.59. The molecule has 0 aromatic heterocycles. The lowest BCUT2D eigenvalue weighted by Crippen LogP contribution is -2.58. The summed E-state index contributed by atoms with van der Waals surface area (Å²) in [5.41, 5.74) is 0.804. The smallest absolute Gasteiger partial charge is 0.308 e. The number of amides is 2. The summed E-state index contributed by atoms with van der Waals surface area (Å²) in [5.74, 6) is -1.01. The molecule has 8 heteroatoms. The Balaban J connectivity index is 1.92. The fourth-order valence-corrected chi connectivity index (χ4v) is 2.87. The first-order chi connectivity index (χ1) is 12.5. The fourth-order valence-electron chi connectivity index (χ4n) is 2.61. The quantitative estimate of drug-likeness (QED) is 0.490. The highest BCUT2D eigenvalue weighted by molar-refractivity contribution is 9.10. The summed E-state index contributed by atoms with van der Waals surface area (Å²) in [4.78, 5) is 38.1. The van der Waals surface area contributed by atoms with Crippen LogP contribution in [0.25, 0.3) is 0 Å². The summed E-state index contributed by atoms with van der Waals surface area (Å²) in [7, 11) is 0. The number of halogens is 1. The Hall–Kier alpha value is -2.09. The van der Waals surface area contributed by atoms with E-state index in [-0.39, 0.29) is 24.8 Å². The van der Waals surface area contributed by atoms with Gasteiger partial charge in [0.15, 0.2) is 0 Å². The minimum absolute atomic E-state index is 0.0519. The molecule has 2 amide bonds. The van der Waals surface area contributed by atoms with Gasteiger partial charge in [-0.15, -0.1) is 0 Å². The number of nitrogens with zero attached hydrogens (tertiary/aromatic N) is 1. The zero-order chi connectivity index (χ0) is 18.9. The number of ether oxygens (including phenoxy) is 1. The van der Waals surface area contributed by atoms with Crippen LogP contribution < -0.4 is 10.6 Å². The maximum absolute atomic E-state index is 12.6. The topological polar surface area (TPSA) is 87.7 Å². The molecule has 1 atom stereocenters. The average Bonchev–Trinajstić information content (AvgIpc) is 2.63. The molecule has 1 aromatic carbocycles. The summed E-state index contributed by atoms with van der Waals surface area (Å²) < 4.78 is 6.07. The maximum atomic E-state index is 12.6. The number of piperazine rings is 1. The zero-order valence-electron chi connectivity index (χ0n) is 14.8. The van der Waals surface area contributed by atoms with E-state index in [4.69, 9.17) is 4.74 Å². The Morgan fingerprint density at radius 3 is 2.77 bits per heavy atom. The number of carbonyl (C=O) groups is 3. The molecular weight excluding hydrogens is 402 g/mol. The molecule has 0 aliphatic carbocycles. The van der Waals surface area contributed by atoms with Gasteiger partial charge >= 0.3 is 5.97 Å². The van der Waals surface area contributed by atoms with Gasteiger partial charge < -0.3 is 20.3 Å². The van der Waals surface area contributed by atoms with Gasteiger partial charge in [-0.1, -0.05) is 29.3 Å². The highest BCUT2D eigenvalue weighted by atomic mass is 79.9. The first-order valence-electron chi connectivity index (χ1n) is 8.73. The maximum Gasteiger partial charge on any atom is 0.308 e. The van der Waals surface area contributed by atoms with E-state index in [1.165, 1.54) is 4.90 Å². The number of carbonyl (C=O) groups excluding carboxylic acids is 3. The minimum Gasteiger partial charge on any atom is -0.466 e. The van der Waals surface area contributed by atoms with E-state index >= 15 is 0 Å². The van der Waals surface area contributed by atoms with E-state index in [1.807, 2.05) is 31.2 Å². The molecule has 0 saturated carbocycles. The molecule has 1 saturated heterocycles. The lowest BCUT2D eigenvalue weighted by molar-refractivity contribution is -0.151. The summed E-state index contributed by atoms with van der Waals surface area (Å²) >= 11 is 3.36. The summed E-state index contributed by atoms with van der Waals surface area (Å²) in [6.07, 6.45) is 1.57. The third-order valence-electron chi connectivity index (χ3n) is 4.06. The summed E-state index contributed by atoms with van der Waals surface area (Å²) in [5, 5.41) is 5.74. The van der Waals surface area contributed by atoms with Gasteiger partial charge in [0.2, 0.25) is 11.8 Å². The average molecular weight is 426 g/mol. The van der Waals surface area contributed by atoms with Crippen molar-refractivity contribution in [3.63, 3.8) is 0 Å². The molecule has 26 heavy (non-hydrogen) atoms. The lowest BCUT2D eigenvalue weighted by Gasteiger charge is -2.34. The van der Waals surface area contributed by atoms with Crippen LogP contribution in [0.1, 0.15) is 26.2 Å². The molecule has 0 spiro atoms. The monoisotopic (exact) mass is 425 g/mol. The van der Waals surface area contributed by atoms with E-state index in [0.29, 0.717) is 19.7 Å². The van der Waals surface area contributed by atoms with Crippen LogP contribution in [0.3, 0.4) is 0 Å². The van der Waals surface area contributed by atoms with Gasteiger partial charge in [-0.05, 0) is 30.7 Å². The third kappa shape index (κ3) is 6.01. The zero-order valence-corrected chi connectivity index (χ0v) is 16.4. The van der Waals surface area contributed by atoms with Gasteiger partial charge in [-0.25, -0.2) is 0 Å². The van der Waals surface area contributed by atoms with Crippen molar-refractivity contribution in [2.24, 2.45) is 0 Å². The van der Waals surface area contributed by atoms with Crippen LogP contribution in [0.15, 0.2) is 28.7 Å². The Bertz CT molecular complexity index is 636. The second-order valence-corrected chi connectivity index (χ2v) is 6.95. The molecule has 7 nitrogen and oxygen atoms in total. The number of nitrogens with one attached hydrogen (secondary N) is 2. The molecule has 0 bridgehead atoms. The fraction of sp³-hybridized carbons (Fsp3) is 0.500. The largest absolute Gasteiger partial charge is 0.466 e. The predicted octanol–water partition coefficient (Wildman–Crippen LogP) is 1.92. The van der Waals surface area contributed by atoms with E-state index in [2.05, 4.69) is 26.6 Å². The van der Waals surface area contributed by atoms with Crippen molar-refractivity contribution in [2.75, 3.05) is 31.6 Å². The van der Waals surface area contributed by atoms with Crippen molar-refractivity contribution < 1.29 is 19.1 Å². The van der Waals surface area contributed by atoms with Crippen molar-refractivity contribution in [2.45, 2.75) is 32.2 Å². The van der Waals surface area contributed by atoms with Gasteiger partial charge in [0.05, 0.1) is 19.6 Å². The van der Waals surface area contributed by atoms with Crippen LogP contribution in [-0.4, -0.2) is 55.0 Å². The number of hydrogen-bond acceptors (Lipinski definition) is 5. The van der Waals surface area contributed by atoms with Crippen molar-refractivity contribution in [3.8, 4) is 0 Å². The molecule has 1 heterocycles. The van der Waals surface area contributed by atoms with Crippen molar-refractivity contribution in [3.05, 3.63) is 28.7 Å². The second kappa shape index (κ2) is 10.2. The van der Waals surface area contributed by atoms with Crippen LogP contribution in [0.5, 0.6) is 0 Å². The van der Waals surface area contributed by atoms with Crippen LogP contribution >= 0.6 is 15.9 Å². The van der Waals surface area contributed by atoms with Gasteiger partial charge in [0, 0.05) is 23.2 Å². The van der Waals surface area contributed by atoms with Crippen LogP contribution in [0, 0.1) is 0 Å². The highest BCUT2D eigenvalue weighted by Crippen LogP contribution is 2.15. The van der Waals surface area contributed by atoms with Crippen molar-refractivity contribution in [1.82, 2.24) is 10.2 Å². The van der Waals surface area contributed by atoms with E-state index in [9.17, 15) is 14.4 Å². The molecular formula is C18H24BrN3O4. The molecule has 1 aliphatic rings. The first kappa shape index (κ1) is 20.2. The predicted molar refractivity (Wildman–Crippen MR) is 102 cm³/mol. The normalized spacial score (nSPS) is 16.8. The molecule has 142 valence electrons. The van der Waals surface area contributed by atoms with Crippen molar-refractivity contribution >= 4 is 39.4 Å². The van der Waals surface area contributed by atoms with Crippen molar-refractivity contribution in [1.29, 1.82) is 0 Å². The molecule has 2 rings (SSSR count). The van der Waals surface area contributed by atoms with E-state index in [1.54, 1.807) is 0 Å². The van der Waals surface area contributed by atoms with E-state index < -0.39 is 12.0 Å². The number of benzene rings is 1. The summed E-state index contributed by atoms with van der Waals surface area (Å²) in [6, 6.07) is 6.62. The van der Waals surface area contributed by atoms with Gasteiger partial charge in [-0.2, -0.15) is 0 Å². The molecule has 1 fully saturated rings. The standard InChI is InChI=1S/C18H24BrN3O4/c1-2-3-10-26-17(24)11-15-18(25)20-8-9-22(15)16(23)12-21-14-6-4-13(19)5-7-14/h4-7,15,21H,2-3,8-12H2,1H3,(H,20,25). The van der Waals surface area contributed by atoms with Gasteiger partial charge in [0.25, 0.3) is 0 Å². The number of anilines is 1. The molecule has 1 aliphatic heterocycles. The van der Waals surface area contributed by atoms with E-state index in [0.717, 1.165) is 23.0 Å². The van der Waals surface area contributed by atoms with Crippen LogP contribution in [0.4, 0.5) is 5.69 Å². The highest BCUT2D eigenvalue weighted by Gasteiger charge is 2.34. The number of unbranched alkanes of at least 4 members (excludes halogenated alkanes) is 1. The molecule has 1 aromatic rings. The van der Waals surface area contributed by atoms with Crippen LogP contribution in [0.2, 0.25) is 0 Å². The van der Waals surface area contributed by atoms with Gasteiger partial charge in [0.1, 0.15) is 6.04 Å². The molecule has 0 radical (unpaired) electrons. The number of esters is 1. The Morgan fingerprint density at radius 2 is 2.08 bits per heavy atom. The minimum atomic E-state index is -0.822. The Morgan fingerprint density at radius 1 is 1.35 bits per heavy atom. The van der Waals surface area contributed by atoms with Crippen LogP contribution in [-0.2, 0) is 19.1 Å². The SMILES string of the molecule is CCCCOC(=O)CC1C(=O)NCCN1C(=O)CNc1ccc(Br)cc1. The first-order valence-corrected chi connectivity index (χ1v) is 9.52.